The minimum atomic E-state index is 0.820. The van der Waals surface area contributed by atoms with Crippen LogP contribution in [0.5, 0.6) is 0 Å². The predicted octanol–water partition coefficient (Wildman–Crippen LogP) is 2.31. The molecule has 1 N–H and O–H groups in total. The highest BCUT2D eigenvalue weighted by molar-refractivity contribution is 4.88. The Hall–Kier alpha value is -0.680. The largest absolute Gasteiger partial charge is 0.462 e. The van der Waals surface area contributed by atoms with Crippen LogP contribution in [-0.4, -0.2) is 18.8 Å². The molecule has 0 aromatic heterocycles. The van der Waals surface area contributed by atoms with Crippen molar-refractivity contribution in [1.29, 1.82) is 0 Å². The van der Waals surface area contributed by atoms with Gasteiger partial charge in [0.25, 0.3) is 0 Å². The number of rotatable bonds is 7. The smallest absolute Gasteiger partial charge is 0.107 e. The Morgan fingerprint density at radius 2 is 1.75 bits per heavy atom. The van der Waals surface area contributed by atoms with Crippen molar-refractivity contribution in [2.24, 2.45) is 0 Å². The van der Waals surface area contributed by atoms with Crippen molar-refractivity contribution in [2.75, 3.05) is 13.7 Å². The van der Waals surface area contributed by atoms with Crippen LogP contribution >= 0.6 is 0 Å². The number of aliphatic hydroxyl groups excluding tert-OH is 1. The van der Waals surface area contributed by atoms with Gasteiger partial charge in [0.1, 0.15) is 6.11 Å². The van der Waals surface area contributed by atoms with Crippen molar-refractivity contribution in [2.45, 2.75) is 38.5 Å². The van der Waals surface area contributed by atoms with E-state index in [4.69, 9.17) is 9.84 Å². The topological polar surface area (TPSA) is 29.5 Å². The summed E-state index contributed by atoms with van der Waals surface area (Å²) in [5.41, 5.74) is 0. The molecule has 0 aliphatic carbocycles. The zero-order valence-electron chi connectivity index (χ0n) is 7.81. The number of aliphatic hydroxyl groups is 1. The zero-order chi connectivity index (χ0) is 9.07. The Bertz CT molecular complexity index is 133. The molecule has 2 nitrogen and oxygen atoms in total. The van der Waals surface area contributed by atoms with E-state index in [1.54, 1.807) is 7.11 Å². The molecular weight excluding hydrogens is 152 g/mol. The predicted molar refractivity (Wildman–Crippen MR) is 49.3 cm³/mol. The van der Waals surface area contributed by atoms with Gasteiger partial charge in [0.2, 0.25) is 0 Å². The van der Waals surface area contributed by atoms with Gasteiger partial charge in [-0.2, -0.15) is 0 Å². The van der Waals surface area contributed by atoms with Crippen LogP contribution in [0.2, 0.25) is 0 Å². The van der Waals surface area contributed by atoms with Crippen molar-refractivity contribution in [3.63, 3.8) is 0 Å². The Morgan fingerprint density at radius 1 is 1.08 bits per heavy atom. The van der Waals surface area contributed by atoms with Crippen LogP contribution in [0.3, 0.4) is 0 Å². The van der Waals surface area contributed by atoms with Crippen LogP contribution in [0, 0.1) is 12.0 Å². The van der Waals surface area contributed by atoms with Crippen molar-refractivity contribution in [1.82, 2.24) is 0 Å². The summed E-state index contributed by atoms with van der Waals surface area (Å²) < 4.78 is 4.93. The van der Waals surface area contributed by atoms with E-state index in [1.165, 1.54) is 19.3 Å². The van der Waals surface area contributed by atoms with Crippen LogP contribution in [0.25, 0.3) is 0 Å². The summed E-state index contributed by atoms with van der Waals surface area (Å²) in [6.45, 7) is 0.871. The summed E-state index contributed by atoms with van der Waals surface area (Å²) in [5.74, 6) is 2.63. The fourth-order valence-corrected chi connectivity index (χ4v) is 1.05. The summed E-state index contributed by atoms with van der Waals surface area (Å²) in [6, 6.07) is 0. The monoisotopic (exact) mass is 170 g/mol. The van der Waals surface area contributed by atoms with Gasteiger partial charge >= 0.3 is 0 Å². The molecule has 12 heavy (non-hydrogen) atoms. The van der Waals surface area contributed by atoms with Gasteiger partial charge in [-0.15, -0.1) is 0 Å². The summed E-state index contributed by atoms with van der Waals surface area (Å²) in [4.78, 5) is 0. The second kappa shape index (κ2) is 10.3. The normalized spacial score (nSPS) is 9.08. The number of hydrogen-bond donors (Lipinski definition) is 1. The van der Waals surface area contributed by atoms with Gasteiger partial charge in [-0.05, 0) is 12.8 Å². The Kier molecular flexibility index (Phi) is 9.74. The number of methoxy groups -OCH3 is 1. The van der Waals surface area contributed by atoms with E-state index < -0.39 is 0 Å². The molecule has 0 unspecified atom stereocenters. The summed E-state index contributed by atoms with van der Waals surface area (Å²) in [6.07, 6.45) is 8.67. The second-order valence-corrected chi connectivity index (χ2v) is 2.80. The standard InChI is InChI=1S/C10H18O2/c1-12-10-8-6-4-2-3-5-7-9-11/h11H,2-6,8,10H2,1H3. The van der Waals surface area contributed by atoms with Crippen molar-refractivity contribution in [3.05, 3.63) is 0 Å². The molecule has 0 spiro atoms. The Balaban J connectivity index is 2.84. The first-order valence-corrected chi connectivity index (χ1v) is 4.52. The number of unbranched alkanes of at least 4 members (excludes halogenated alkanes) is 5. The summed E-state index contributed by atoms with van der Waals surface area (Å²) in [5, 5.41) is 8.16. The lowest BCUT2D eigenvalue weighted by Gasteiger charge is -1.98. The SMILES string of the molecule is COCCCCCCCC#CO. The molecule has 0 aliphatic rings. The highest BCUT2D eigenvalue weighted by atomic mass is 16.5. The fourth-order valence-electron chi connectivity index (χ4n) is 1.05. The molecule has 0 aliphatic heterocycles. The molecule has 0 rings (SSSR count). The molecule has 0 atom stereocenters. The Labute approximate surface area is 74.9 Å². The average Bonchev–Trinajstić information content (AvgIpc) is 2.10. The van der Waals surface area contributed by atoms with Crippen LogP contribution in [-0.2, 0) is 4.74 Å². The fraction of sp³-hybridized carbons (Fsp3) is 0.800. The molecule has 0 amide bonds. The average molecular weight is 170 g/mol. The molecule has 0 saturated heterocycles. The molecule has 0 bridgehead atoms. The lowest BCUT2D eigenvalue weighted by atomic mass is 10.1. The van der Waals surface area contributed by atoms with Gasteiger partial charge in [-0.25, -0.2) is 0 Å². The molecule has 2 heteroatoms. The van der Waals surface area contributed by atoms with Crippen molar-refractivity contribution >= 4 is 0 Å². The molecule has 0 fully saturated rings. The van der Waals surface area contributed by atoms with Gasteiger partial charge in [0.05, 0.1) is 0 Å². The van der Waals surface area contributed by atoms with Gasteiger partial charge in [0.15, 0.2) is 0 Å². The lowest BCUT2D eigenvalue weighted by molar-refractivity contribution is 0.192. The Morgan fingerprint density at radius 3 is 2.42 bits per heavy atom. The maximum atomic E-state index is 8.16. The minimum Gasteiger partial charge on any atom is -0.462 e. The lowest BCUT2D eigenvalue weighted by Crippen LogP contribution is -1.87. The molecule has 0 radical (unpaired) electrons. The van der Waals surface area contributed by atoms with Crippen molar-refractivity contribution < 1.29 is 9.84 Å². The first-order valence-electron chi connectivity index (χ1n) is 4.52. The van der Waals surface area contributed by atoms with Gasteiger partial charge in [0, 0.05) is 20.1 Å². The quantitative estimate of drug-likeness (QED) is 0.469. The van der Waals surface area contributed by atoms with E-state index in [0.29, 0.717) is 0 Å². The highest BCUT2D eigenvalue weighted by Crippen LogP contribution is 2.04. The van der Waals surface area contributed by atoms with Crippen LogP contribution in [0.4, 0.5) is 0 Å². The molecular formula is C10H18O2. The highest BCUT2D eigenvalue weighted by Gasteiger charge is 1.88. The number of hydrogen-bond acceptors (Lipinski definition) is 2. The summed E-state index contributed by atoms with van der Waals surface area (Å²) >= 11 is 0. The second-order valence-electron chi connectivity index (χ2n) is 2.80. The van der Waals surface area contributed by atoms with E-state index in [-0.39, 0.29) is 0 Å². The first kappa shape index (κ1) is 11.3. The third-order valence-corrected chi connectivity index (χ3v) is 1.73. The maximum absolute atomic E-state index is 8.16. The van der Waals surface area contributed by atoms with E-state index >= 15 is 0 Å². The van der Waals surface area contributed by atoms with E-state index in [9.17, 15) is 0 Å². The summed E-state index contributed by atoms with van der Waals surface area (Å²) in [7, 11) is 1.73. The van der Waals surface area contributed by atoms with E-state index in [2.05, 4.69) is 5.92 Å². The van der Waals surface area contributed by atoms with E-state index in [1.807, 2.05) is 6.11 Å². The van der Waals surface area contributed by atoms with E-state index in [0.717, 1.165) is 25.9 Å². The minimum absolute atomic E-state index is 0.820. The third kappa shape index (κ3) is 9.32. The zero-order valence-corrected chi connectivity index (χ0v) is 7.81. The van der Waals surface area contributed by atoms with Gasteiger partial charge in [-0.1, -0.05) is 25.2 Å². The molecule has 70 valence electrons. The molecule has 0 heterocycles. The number of ether oxygens (including phenoxy) is 1. The first-order chi connectivity index (χ1) is 5.91. The van der Waals surface area contributed by atoms with Crippen LogP contribution < -0.4 is 0 Å². The van der Waals surface area contributed by atoms with Crippen LogP contribution in [0.15, 0.2) is 0 Å². The maximum Gasteiger partial charge on any atom is 0.107 e. The van der Waals surface area contributed by atoms with Gasteiger partial charge in [-0.3, -0.25) is 0 Å². The molecule has 0 aromatic carbocycles. The van der Waals surface area contributed by atoms with Crippen molar-refractivity contribution in [3.8, 4) is 12.0 Å². The third-order valence-electron chi connectivity index (χ3n) is 1.73. The molecule has 0 aromatic rings. The molecule has 0 saturated carbocycles. The van der Waals surface area contributed by atoms with Gasteiger partial charge < -0.3 is 9.84 Å². The van der Waals surface area contributed by atoms with Crippen LogP contribution in [0.1, 0.15) is 38.5 Å².